The summed E-state index contributed by atoms with van der Waals surface area (Å²) in [5, 5.41) is 10.4. The molecule has 0 bridgehead atoms. The lowest BCUT2D eigenvalue weighted by atomic mass is 10.3. The molecule has 0 unspecified atom stereocenters. The first kappa shape index (κ1) is 15.5. The summed E-state index contributed by atoms with van der Waals surface area (Å²) in [4.78, 5) is 33.1. The number of aliphatic carboxylic acids is 1. The highest BCUT2D eigenvalue weighted by molar-refractivity contribution is 8.01. The summed E-state index contributed by atoms with van der Waals surface area (Å²) < 4.78 is 0.737. The van der Waals surface area contributed by atoms with Crippen LogP contribution in [0.5, 0.6) is 0 Å². The lowest BCUT2D eigenvalue weighted by Crippen LogP contribution is -2.22. The van der Waals surface area contributed by atoms with E-state index in [1.807, 2.05) is 0 Å². The van der Waals surface area contributed by atoms with Crippen molar-refractivity contribution in [2.75, 3.05) is 14.1 Å². The standard InChI is InChI=1S/C13H13N3O3S2/c1-16(2)12(19)10-6-9(3-4-14-10)21-13-15-8(7-20-13)5-11(17)18/h3-4,6-7H,5H2,1-2H3,(H,17,18). The van der Waals surface area contributed by atoms with E-state index < -0.39 is 5.97 Å². The molecule has 0 atom stereocenters. The SMILES string of the molecule is CN(C)C(=O)c1cc(Sc2nc(CC(=O)O)cs2)ccn1. The van der Waals surface area contributed by atoms with E-state index >= 15 is 0 Å². The number of carboxylic acids is 1. The highest BCUT2D eigenvalue weighted by Crippen LogP contribution is 2.30. The topological polar surface area (TPSA) is 83.4 Å². The van der Waals surface area contributed by atoms with Crippen LogP contribution < -0.4 is 0 Å². The van der Waals surface area contributed by atoms with Crippen LogP contribution in [-0.2, 0) is 11.2 Å². The Hall–Kier alpha value is -1.93. The Kier molecular flexibility index (Phi) is 4.92. The van der Waals surface area contributed by atoms with Gasteiger partial charge in [0.05, 0.1) is 12.1 Å². The third-order valence-corrected chi connectivity index (χ3v) is 4.40. The maximum absolute atomic E-state index is 11.9. The average Bonchev–Trinajstić information content (AvgIpc) is 2.84. The average molecular weight is 323 g/mol. The fourth-order valence-electron chi connectivity index (χ4n) is 1.49. The molecule has 1 amide bonds. The minimum atomic E-state index is -0.903. The van der Waals surface area contributed by atoms with Crippen molar-refractivity contribution in [3.05, 3.63) is 35.1 Å². The Balaban J connectivity index is 2.12. The normalized spacial score (nSPS) is 10.4. The van der Waals surface area contributed by atoms with Gasteiger partial charge in [0.25, 0.3) is 5.91 Å². The van der Waals surface area contributed by atoms with Crippen molar-refractivity contribution in [1.82, 2.24) is 14.9 Å². The van der Waals surface area contributed by atoms with E-state index in [0.29, 0.717) is 11.4 Å². The Labute approximate surface area is 129 Å². The van der Waals surface area contributed by atoms with Crippen molar-refractivity contribution in [3.8, 4) is 0 Å². The van der Waals surface area contributed by atoms with E-state index in [2.05, 4.69) is 9.97 Å². The van der Waals surface area contributed by atoms with Gasteiger partial charge in [-0.05, 0) is 12.1 Å². The second kappa shape index (κ2) is 6.68. The molecule has 0 aliphatic rings. The number of carbonyl (C=O) groups is 2. The van der Waals surface area contributed by atoms with Crippen LogP contribution in [0.25, 0.3) is 0 Å². The molecule has 0 spiro atoms. The third-order valence-electron chi connectivity index (χ3n) is 2.42. The van der Waals surface area contributed by atoms with Gasteiger partial charge < -0.3 is 10.0 Å². The van der Waals surface area contributed by atoms with Crippen LogP contribution in [0.1, 0.15) is 16.2 Å². The predicted molar refractivity (Wildman–Crippen MR) is 79.8 cm³/mol. The summed E-state index contributed by atoms with van der Waals surface area (Å²) in [6.45, 7) is 0. The van der Waals surface area contributed by atoms with E-state index in [4.69, 9.17) is 5.11 Å². The molecule has 0 aliphatic carbocycles. The Bertz CT molecular complexity index is 670. The van der Waals surface area contributed by atoms with Crippen molar-refractivity contribution in [3.63, 3.8) is 0 Å². The number of pyridine rings is 1. The van der Waals surface area contributed by atoms with Crippen LogP contribution in [0.2, 0.25) is 0 Å². The zero-order chi connectivity index (χ0) is 15.4. The molecule has 6 nitrogen and oxygen atoms in total. The maximum Gasteiger partial charge on any atom is 0.309 e. The van der Waals surface area contributed by atoms with Gasteiger partial charge in [0.2, 0.25) is 0 Å². The molecular weight excluding hydrogens is 310 g/mol. The van der Waals surface area contributed by atoms with Gasteiger partial charge >= 0.3 is 5.97 Å². The second-order valence-corrected chi connectivity index (χ2v) is 6.53. The van der Waals surface area contributed by atoms with Gasteiger partial charge in [0, 0.05) is 30.6 Å². The van der Waals surface area contributed by atoms with Crippen LogP contribution in [0.15, 0.2) is 32.9 Å². The van der Waals surface area contributed by atoms with Crippen LogP contribution in [-0.4, -0.2) is 45.9 Å². The fraction of sp³-hybridized carbons (Fsp3) is 0.231. The van der Waals surface area contributed by atoms with E-state index in [-0.39, 0.29) is 12.3 Å². The molecule has 2 heterocycles. The van der Waals surface area contributed by atoms with E-state index in [1.165, 1.54) is 28.0 Å². The van der Waals surface area contributed by atoms with Gasteiger partial charge in [-0.2, -0.15) is 0 Å². The van der Waals surface area contributed by atoms with Crippen molar-refractivity contribution >= 4 is 35.0 Å². The lowest BCUT2D eigenvalue weighted by Gasteiger charge is -2.09. The molecule has 0 radical (unpaired) electrons. The monoisotopic (exact) mass is 323 g/mol. The number of aromatic nitrogens is 2. The van der Waals surface area contributed by atoms with Gasteiger partial charge in [0.1, 0.15) is 5.69 Å². The quantitative estimate of drug-likeness (QED) is 0.906. The molecule has 0 aromatic carbocycles. The van der Waals surface area contributed by atoms with Gasteiger partial charge in [-0.25, -0.2) is 4.98 Å². The molecule has 2 aromatic rings. The van der Waals surface area contributed by atoms with Crippen LogP contribution in [0.3, 0.4) is 0 Å². The second-order valence-electron chi connectivity index (χ2n) is 4.35. The van der Waals surface area contributed by atoms with Gasteiger partial charge in [-0.15, -0.1) is 11.3 Å². The van der Waals surface area contributed by atoms with Crippen molar-refractivity contribution in [2.45, 2.75) is 15.7 Å². The van der Waals surface area contributed by atoms with Crippen LogP contribution in [0.4, 0.5) is 0 Å². The number of carboxylic acid groups (broad SMARTS) is 1. The molecule has 2 rings (SSSR count). The highest BCUT2D eigenvalue weighted by atomic mass is 32.2. The summed E-state index contributed by atoms with van der Waals surface area (Å²) in [7, 11) is 3.34. The molecule has 8 heteroatoms. The van der Waals surface area contributed by atoms with Crippen molar-refractivity contribution in [1.29, 1.82) is 0 Å². The van der Waals surface area contributed by atoms with Crippen LogP contribution in [0, 0.1) is 0 Å². The molecule has 0 saturated heterocycles. The molecule has 21 heavy (non-hydrogen) atoms. The Morgan fingerprint density at radius 2 is 2.19 bits per heavy atom. The van der Waals surface area contributed by atoms with E-state index in [0.717, 1.165) is 9.24 Å². The van der Waals surface area contributed by atoms with Gasteiger partial charge in [0.15, 0.2) is 4.34 Å². The molecule has 1 N–H and O–H groups in total. The molecule has 0 saturated carbocycles. The Morgan fingerprint density at radius 3 is 2.86 bits per heavy atom. The number of thiazole rings is 1. The summed E-state index contributed by atoms with van der Waals surface area (Å²) in [5.41, 5.74) is 0.904. The number of hydrogen-bond donors (Lipinski definition) is 1. The number of rotatable bonds is 5. The number of amides is 1. The summed E-state index contributed by atoms with van der Waals surface area (Å²) in [5.74, 6) is -1.07. The van der Waals surface area contributed by atoms with E-state index in [1.54, 1.807) is 37.8 Å². The Morgan fingerprint density at radius 1 is 1.43 bits per heavy atom. The van der Waals surface area contributed by atoms with Crippen molar-refractivity contribution in [2.24, 2.45) is 0 Å². The first-order chi connectivity index (χ1) is 9.95. The van der Waals surface area contributed by atoms with Gasteiger partial charge in [-0.1, -0.05) is 11.8 Å². The smallest absolute Gasteiger partial charge is 0.309 e. The maximum atomic E-state index is 11.9. The third kappa shape index (κ3) is 4.27. The van der Waals surface area contributed by atoms with E-state index in [9.17, 15) is 9.59 Å². The molecule has 110 valence electrons. The molecule has 2 aromatic heterocycles. The highest BCUT2D eigenvalue weighted by Gasteiger charge is 2.12. The minimum absolute atomic E-state index is 0.0855. The summed E-state index contributed by atoms with van der Waals surface area (Å²) >= 11 is 2.76. The fourth-order valence-corrected chi connectivity index (χ4v) is 3.33. The zero-order valence-electron chi connectivity index (χ0n) is 11.4. The first-order valence-electron chi connectivity index (χ1n) is 5.97. The number of carbonyl (C=O) groups excluding carboxylic acids is 1. The minimum Gasteiger partial charge on any atom is -0.481 e. The molecule has 0 aliphatic heterocycles. The van der Waals surface area contributed by atoms with Crippen LogP contribution >= 0.6 is 23.1 Å². The largest absolute Gasteiger partial charge is 0.481 e. The van der Waals surface area contributed by atoms with Crippen molar-refractivity contribution < 1.29 is 14.7 Å². The summed E-state index contributed by atoms with van der Waals surface area (Å²) in [6, 6.07) is 3.49. The first-order valence-corrected chi connectivity index (χ1v) is 7.67. The molecular formula is C13H13N3O3S2. The number of hydrogen-bond acceptors (Lipinski definition) is 6. The molecule has 0 fully saturated rings. The number of nitrogens with zero attached hydrogens (tertiary/aromatic N) is 3. The zero-order valence-corrected chi connectivity index (χ0v) is 13.1. The lowest BCUT2D eigenvalue weighted by molar-refractivity contribution is -0.136. The van der Waals surface area contributed by atoms with Gasteiger partial charge in [-0.3, -0.25) is 14.6 Å². The summed E-state index contributed by atoms with van der Waals surface area (Å²) in [6.07, 6.45) is 1.49. The predicted octanol–water partition coefficient (Wildman–Crippen LogP) is 2.02.